The van der Waals surface area contributed by atoms with E-state index < -0.39 is 6.61 Å². The lowest BCUT2D eigenvalue weighted by molar-refractivity contribution is -0.0499. The highest BCUT2D eigenvalue weighted by atomic mass is 19.3. The summed E-state index contributed by atoms with van der Waals surface area (Å²) in [5.74, 6) is 0.216. The number of hydrogen-bond acceptors (Lipinski definition) is 2. The lowest BCUT2D eigenvalue weighted by atomic mass is 10.0. The molecular formula is C16H25F2NO. The Morgan fingerprint density at radius 1 is 1.25 bits per heavy atom. The molecule has 1 aromatic carbocycles. The summed E-state index contributed by atoms with van der Waals surface area (Å²) in [4.78, 5) is 0. The zero-order valence-corrected chi connectivity index (χ0v) is 12.5. The fourth-order valence-electron chi connectivity index (χ4n) is 2.27. The van der Waals surface area contributed by atoms with E-state index >= 15 is 0 Å². The number of nitrogens with one attached hydrogen (secondary N) is 1. The summed E-state index contributed by atoms with van der Waals surface area (Å²) < 4.78 is 28.9. The maximum atomic E-state index is 12.2. The SMILES string of the molecule is CCCCC(CC)NC(C)c1cccc(OC(F)F)c1. The van der Waals surface area contributed by atoms with Crippen LogP contribution in [0.4, 0.5) is 8.78 Å². The number of benzene rings is 1. The van der Waals surface area contributed by atoms with Crippen LogP contribution in [0.2, 0.25) is 0 Å². The fraction of sp³-hybridized carbons (Fsp3) is 0.625. The Bertz CT molecular complexity index is 384. The van der Waals surface area contributed by atoms with Crippen molar-refractivity contribution >= 4 is 0 Å². The molecule has 1 rings (SSSR count). The zero-order valence-electron chi connectivity index (χ0n) is 12.5. The van der Waals surface area contributed by atoms with Gasteiger partial charge in [-0.2, -0.15) is 8.78 Å². The van der Waals surface area contributed by atoms with Gasteiger partial charge in [0.05, 0.1) is 0 Å². The third-order valence-corrected chi connectivity index (χ3v) is 3.47. The molecule has 0 bridgehead atoms. The average Bonchev–Trinajstić information content (AvgIpc) is 2.42. The van der Waals surface area contributed by atoms with Crippen LogP contribution < -0.4 is 10.1 Å². The predicted molar refractivity (Wildman–Crippen MR) is 78.2 cm³/mol. The predicted octanol–water partition coefficient (Wildman–Crippen LogP) is 4.91. The van der Waals surface area contributed by atoms with E-state index in [1.807, 2.05) is 6.07 Å². The van der Waals surface area contributed by atoms with Gasteiger partial charge in [-0.25, -0.2) is 0 Å². The number of halogens is 2. The van der Waals surface area contributed by atoms with Crippen molar-refractivity contribution in [3.8, 4) is 5.75 Å². The molecule has 0 fully saturated rings. The smallest absolute Gasteiger partial charge is 0.387 e. The van der Waals surface area contributed by atoms with Crippen molar-refractivity contribution in [2.45, 2.75) is 65.1 Å². The van der Waals surface area contributed by atoms with Crippen LogP contribution in [0, 0.1) is 0 Å². The minimum atomic E-state index is -2.78. The first-order valence-corrected chi connectivity index (χ1v) is 7.37. The van der Waals surface area contributed by atoms with Crippen LogP contribution in [-0.4, -0.2) is 12.7 Å². The fourth-order valence-corrected chi connectivity index (χ4v) is 2.27. The number of hydrogen-bond donors (Lipinski definition) is 1. The molecule has 0 saturated heterocycles. The van der Waals surface area contributed by atoms with Crippen molar-refractivity contribution in [2.75, 3.05) is 0 Å². The van der Waals surface area contributed by atoms with Crippen LogP contribution in [0.25, 0.3) is 0 Å². The highest BCUT2D eigenvalue weighted by Crippen LogP contribution is 2.21. The van der Waals surface area contributed by atoms with E-state index in [0.29, 0.717) is 6.04 Å². The van der Waals surface area contributed by atoms with Crippen molar-refractivity contribution in [2.24, 2.45) is 0 Å². The molecule has 4 heteroatoms. The van der Waals surface area contributed by atoms with Gasteiger partial charge in [0.15, 0.2) is 0 Å². The van der Waals surface area contributed by atoms with E-state index in [2.05, 4.69) is 30.8 Å². The zero-order chi connectivity index (χ0) is 15.0. The van der Waals surface area contributed by atoms with Crippen molar-refractivity contribution in [3.05, 3.63) is 29.8 Å². The van der Waals surface area contributed by atoms with Gasteiger partial charge in [0, 0.05) is 12.1 Å². The third-order valence-electron chi connectivity index (χ3n) is 3.47. The summed E-state index contributed by atoms with van der Waals surface area (Å²) in [7, 11) is 0. The topological polar surface area (TPSA) is 21.3 Å². The molecule has 0 aliphatic carbocycles. The van der Waals surface area contributed by atoms with Gasteiger partial charge in [0.2, 0.25) is 0 Å². The van der Waals surface area contributed by atoms with Gasteiger partial charge >= 0.3 is 6.61 Å². The van der Waals surface area contributed by atoms with Crippen LogP contribution in [-0.2, 0) is 0 Å². The highest BCUT2D eigenvalue weighted by molar-refractivity contribution is 5.30. The van der Waals surface area contributed by atoms with Gasteiger partial charge in [-0.15, -0.1) is 0 Å². The molecule has 0 spiro atoms. The van der Waals surface area contributed by atoms with Crippen molar-refractivity contribution < 1.29 is 13.5 Å². The van der Waals surface area contributed by atoms with Gasteiger partial charge in [-0.05, 0) is 37.5 Å². The highest BCUT2D eigenvalue weighted by Gasteiger charge is 2.13. The van der Waals surface area contributed by atoms with Gasteiger partial charge < -0.3 is 10.1 Å². The molecule has 0 saturated carbocycles. The molecule has 1 aromatic rings. The molecule has 0 amide bonds. The second-order valence-corrected chi connectivity index (χ2v) is 5.09. The molecule has 0 radical (unpaired) electrons. The Morgan fingerprint density at radius 3 is 2.60 bits per heavy atom. The van der Waals surface area contributed by atoms with Crippen LogP contribution >= 0.6 is 0 Å². The summed E-state index contributed by atoms with van der Waals surface area (Å²) in [6.45, 7) is 3.62. The molecular weight excluding hydrogens is 260 g/mol. The first kappa shape index (κ1) is 16.9. The normalized spacial score (nSPS) is 14.3. The summed E-state index contributed by atoms with van der Waals surface area (Å²) in [5, 5.41) is 3.56. The van der Waals surface area contributed by atoms with Crippen molar-refractivity contribution in [1.82, 2.24) is 5.32 Å². The first-order chi connectivity index (χ1) is 9.56. The van der Waals surface area contributed by atoms with Crippen molar-refractivity contribution in [3.63, 3.8) is 0 Å². The lowest BCUT2D eigenvalue weighted by Crippen LogP contribution is -2.31. The quantitative estimate of drug-likeness (QED) is 0.696. The Hall–Kier alpha value is -1.16. The van der Waals surface area contributed by atoms with Crippen LogP contribution in [0.3, 0.4) is 0 Å². The molecule has 1 N–H and O–H groups in total. The minimum Gasteiger partial charge on any atom is -0.435 e. The standard InChI is InChI=1S/C16H25F2NO/c1-4-6-9-14(5-2)19-12(3)13-8-7-10-15(11-13)20-16(17)18/h7-8,10-12,14,16,19H,4-6,9H2,1-3H3. The minimum absolute atomic E-state index is 0.123. The maximum absolute atomic E-state index is 12.2. The summed E-state index contributed by atoms with van der Waals surface area (Å²) in [5.41, 5.74) is 0.970. The van der Waals surface area contributed by atoms with E-state index in [-0.39, 0.29) is 11.8 Å². The molecule has 0 aromatic heterocycles. The largest absolute Gasteiger partial charge is 0.435 e. The molecule has 2 atom stereocenters. The second-order valence-electron chi connectivity index (χ2n) is 5.09. The van der Waals surface area contributed by atoms with Crippen LogP contribution in [0.1, 0.15) is 58.1 Å². The summed E-state index contributed by atoms with van der Waals surface area (Å²) in [6.07, 6.45) is 4.60. The molecule has 2 nitrogen and oxygen atoms in total. The number of ether oxygens (including phenoxy) is 1. The van der Waals surface area contributed by atoms with Crippen molar-refractivity contribution in [1.29, 1.82) is 0 Å². The molecule has 114 valence electrons. The van der Waals surface area contributed by atoms with E-state index in [1.165, 1.54) is 12.8 Å². The molecule has 0 aliphatic rings. The van der Waals surface area contributed by atoms with E-state index in [0.717, 1.165) is 18.4 Å². The Labute approximate surface area is 120 Å². The number of alkyl halides is 2. The second kappa shape index (κ2) is 8.90. The summed E-state index contributed by atoms with van der Waals surface area (Å²) >= 11 is 0. The van der Waals surface area contributed by atoms with E-state index in [1.54, 1.807) is 18.2 Å². The molecule has 0 aliphatic heterocycles. The number of unbranched alkanes of at least 4 members (excludes halogenated alkanes) is 1. The Balaban J connectivity index is 2.63. The van der Waals surface area contributed by atoms with Gasteiger partial charge in [-0.3, -0.25) is 0 Å². The monoisotopic (exact) mass is 285 g/mol. The van der Waals surface area contributed by atoms with Crippen LogP contribution in [0.15, 0.2) is 24.3 Å². The van der Waals surface area contributed by atoms with E-state index in [9.17, 15) is 8.78 Å². The van der Waals surface area contributed by atoms with Crippen LogP contribution in [0.5, 0.6) is 5.75 Å². The lowest BCUT2D eigenvalue weighted by Gasteiger charge is -2.23. The first-order valence-electron chi connectivity index (χ1n) is 7.37. The Kier molecular flexibility index (Phi) is 7.52. The third kappa shape index (κ3) is 5.87. The molecule has 2 unspecified atom stereocenters. The Morgan fingerprint density at radius 2 is 2.00 bits per heavy atom. The van der Waals surface area contributed by atoms with Gasteiger partial charge in [-0.1, -0.05) is 38.8 Å². The van der Waals surface area contributed by atoms with E-state index in [4.69, 9.17) is 0 Å². The van der Waals surface area contributed by atoms with Gasteiger partial charge in [0.1, 0.15) is 5.75 Å². The average molecular weight is 285 g/mol. The molecule has 20 heavy (non-hydrogen) atoms. The van der Waals surface area contributed by atoms with Gasteiger partial charge in [0.25, 0.3) is 0 Å². The number of rotatable bonds is 9. The molecule has 0 heterocycles. The maximum Gasteiger partial charge on any atom is 0.387 e. The summed E-state index contributed by atoms with van der Waals surface area (Å²) in [6, 6.07) is 7.50.